The van der Waals surface area contributed by atoms with Crippen molar-refractivity contribution in [2.24, 2.45) is 0 Å². The Morgan fingerprint density at radius 3 is 2.68 bits per heavy atom. The average molecular weight is 325 g/mol. The molecule has 2 heterocycles. The minimum Gasteiger partial charge on any atom is -0.444 e. The van der Waals surface area contributed by atoms with Gasteiger partial charge in [-0.05, 0) is 52.7 Å². The Balaban J connectivity index is 2.02. The van der Waals surface area contributed by atoms with Crippen molar-refractivity contribution in [2.75, 3.05) is 13.1 Å². The summed E-state index contributed by atoms with van der Waals surface area (Å²) in [6.45, 7) is 8.43. The lowest BCUT2D eigenvalue weighted by Gasteiger charge is -2.33. The number of aromatic nitrogens is 2. The number of amides is 1. The van der Waals surface area contributed by atoms with E-state index in [2.05, 4.69) is 10.2 Å². The van der Waals surface area contributed by atoms with Crippen LogP contribution in [0.4, 0.5) is 4.79 Å². The molecule has 0 aromatic carbocycles. The predicted octanol–water partition coefficient (Wildman–Crippen LogP) is 2.29. The fourth-order valence-corrected chi connectivity index (χ4v) is 3.63. The second-order valence-electron chi connectivity index (χ2n) is 6.50. The zero-order chi connectivity index (χ0) is 16.3. The van der Waals surface area contributed by atoms with Crippen LogP contribution in [0.2, 0.25) is 0 Å². The normalized spacial score (nSPS) is 20.5. The van der Waals surface area contributed by atoms with Crippen molar-refractivity contribution >= 4 is 16.9 Å². The number of aryl methyl sites for hydroxylation is 1. The molecule has 0 unspecified atom stereocenters. The molecule has 1 aromatic heterocycles. The number of hydrogen-bond donors (Lipinski definition) is 0. The molecule has 0 radical (unpaired) electrons. The van der Waals surface area contributed by atoms with Crippen molar-refractivity contribution in [3.63, 3.8) is 0 Å². The molecule has 7 heteroatoms. The second-order valence-corrected chi connectivity index (χ2v) is 8.18. The standard InChI is InChI=1S/C15H23N3O3S/c1-11-7-8-13(17-16-11)22(20)12-6-5-9-18(10-12)14(19)21-15(2,3)4/h7-8,12H,5-6,9-10H2,1-4H3/t12-,22+/m1/s1. The largest absolute Gasteiger partial charge is 0.444 e. The molecule has 1 aromatic rings. The van der Waals surface area contributed by atoms with Crippen LogP contribution in [0.15, 0.2) is 17.2 Å². The molecule has 1 aliphatic heterocycles. The maximum atomic E-state index is 12.6. The number of likely N-dealkylation sites (tertiary alicyclic amines) is 1. The fourth-order valence-electron chi connectivity index (χ4n) is 2.27. The van der Waals surface area contributed by atoms with Crippen LogP contribution in [0.25, 0.3) is 0 Å². The first-order valence-electron chi connectivity index (χ1n) is 7.45. The van der Waals surface area contributed by atoms with Gasteiger partial charge in [0.1, 0.15) is 10.6 Å². The monoisotopic (exact) mass is 325 g/mol. The molecule has 0 saturated carbocycles. The number of piperidine rings is 1. The van der Waals surface area contributed by atoms with Crippen LogP contribution < -0.4 is 0 Å². The average Bonchev–Trinajstić information content (AvgIpc) is 2.46. The van der Waals surface area contributed by atoms with E-state index >= 15 is 0 Å². The fraction of sp³-hybridized carbons (Fsp3) is 0.667. The first kappa shape index (κ1) is 16.9. The van der Waals surface area contributed by atoms with Gasteiger partial charge in [0.15, 0.2) is 0 Å². The number of ether oxygens (including phenoxy) is 1. The molecule has 22 heavy (non-hydrogen) atoms. The molecule has 1 amide bonds. The quantitative estimate of drug-likeness (QED) is 0.834. The van der Waals surface area contributed by atoms with Crippen LogP contribution in [0, 0.1) is 6.92 Å². The summed E-state index contributed by atoms with van der Waals surface area (Å²) in [5.41, 5.74) is 0.269. The molecular formula is C15H23N3O3S. The van der Waals surface area contributed by atoms with Crippen molar-refractivity contribution in [1.29, 1.82) is 0 Å². The number of carbonyl (C=O) groups is 1. The van der Waals surface area contributed by atoms with E-state index in [1.165, 1.54) is 0 Å². The van der Waals surface area contributed by atoms with Gasteiger partial charge in [-0.1, -0.05) is 0 Å². The van der Waals surface area contributed by atoms with Crippen molar-refractivity contribution in [1.82, 2.24) is 15.1 Å². The molecule has 2 atom stereocenters. The van der Waals surface area contributed by atoms with Crippen LogP contribution in [0.1, 0.15) is 39.3 Å². The highest BCUT2D eigenvalue weighted by Gasteiger charge is 2.31. The molecule has 2 rings (SSSR count). The third-order valence-electron chi connectivity index (χ3n) is 3.31. The van der Waals surface area contributed by atoms with Gasteiger partial charge in [0, 0.05) is 13.1 Å². The van der Waals surface area contributed by atoms with Gasteiger partial charge in [0.25, 0.3) is 0 Å². The van der Waals surface area contributed by atoms with Gasteiger partial charge in [-0.3, -0.25) is 4.21 Å². The zero-order valence-corrected chi connectivity index (χ0v) is 14.4. The van der Waals surface area contributed by atoms with Crippen LogP contribution in [-0.4, -0.2) is 49.3 Å². The zero-order valence-electron chi connectivity index (χ0n) is 13.5. The Morgan fingerprint density at radius 2 is 2.09 bits per heavy atom. The van der Waals surface area contributed by atoms with Gasteiger partial charge in [0.2, 0.25) is 0 Å². The van der Waals surface area contributed by atoms with Gasteiger partial charge < -0.3 is 9.64 Å². The van der Waals surface area contributed by atoms with Crippen LogP contribution in [-0.2, 0) is 15.5 Å². The van der Waals surface area contributed by atoms with E-state index in [1.54, 1.807) is 17.0 Å². The third-order valence-corrected chi connectivity index (χ3v) is 4.93. The second kappa shape index (κ2) is 6.73. The summed E-state index contributed by atoms with van der Waals surface area (Å²) in [6, 6.07) is 3.54. The summed E-state index contributed by atoms with van der Waals surface area (Å²) in [7, 11) is -1.26. The summed E-state index contributed by atoms with van der Waals surface area (Å²) in [4.78, 5) is 13.8. The van der Waals surface area contributed by atoms with Gasteiger partial charge in [-0.2, -0.15) is 5.10 Å². The summed E-state index contributed by atoms with van der Waals surface area (Å²) < 4.78 is 18.0. The first-order valence-corrected chi connectivity index (χ1v) is 8.66. The predicted molar refractivity (Wildman–Crippen MR) is 84.0 cm³/mol. The summed E-state index contributed by atoms with van der Waals surface area (Å²) in [6.07, 6.45) is 1.28. The molecule has 6 nitrogen and oxygen atoms in total. The van der Waals surface area contributed by atoms with E-state index < -0.39 is 16.4 Å². The summed E-state index contributed by atoms with van der Waals surface area (Å²) in [5, 5.41) is 8.29. The lowest BCUT2D eigenvalue weighted by Crippen LogP contribution is -2.45. The van der Waals surface area contributed by atoms with E-state index in [1.807, 2.05) is 27.7 Å². The van der Waals surface area contributed by atoms with Crippen molar-refractivity contribution in [2.45, 2.75) is 56.4 Å². The maximum Gasteiger partial charge on any atom is 0.410 e. The topological polar surface area (TPSA) is 72.4 Å². The minimum absolute atomic E-state index is 0.127. The number of nitrogens with zero attached hydrogens (tertiary/aromatic N) is 3. The Labute approximate surface area is 133 Å². The minimum atomic E-state index is -1.26. The molecular weight excluding hydrogens is 302 g/mol. The van der Waals surface area contributed by atoms with E-state index in [9.17, 15) is 9.00 Å². The molecule has 0 bridgehead atoms. The van der Waals surface area contributed by atoms with Crippen molar-refractivity contribution in [3.8, 4) is 0 Å². The Bertz CT molecular complexity index is 554. The van der Waals surface area contributed by atoms with Crippen molar-refractivity contribution < 1.29 is 13.7 Å². The summed E-state index contributed by atoms with van der Waals surface area (Å²) in [5.74, 6) is 0. The highest BCUT2D eigenvalue weighted by atomic mass is 32.2. The number of carbonyl (C=O) groups excluding carboxylic acids is 1. The summed E-state index contributed by atoms with van der Waals surface area (Å²) >= 11 is 0. The van der Waals surface area contributed by atoms with E-state index in [-0.39, 0.29) is 11.3 Å². The Hall–Kier alpha value is -1.50. The first-order chi connectivity index (χ1) is 10.3. The maximum absolute atomic E-state index is 12.6. The van der Waals surface area contributed by atoms with E-state index in [0.29, 0.717) is 18.1 Å². The van der Waals surface area contributed by atoms with E-state index in [4.69, 9.17) is 4.74 Å². The Kier molecular flexibility index (Phi) is 5.16. The molecule has 0 aliphatic carbocycles. The Morgan fingerprint density at radius 1 is 1.36 bits per heavy atom. The van der Waals surface area contributed by atoms with Crippen LogP contribution >= 0.6 is 0 Å². The molecule has 0 N–H and O–H groups in total. The third kappa shape index (κ3) is 4.50. The SMILES string of the molecule is Cc1ccc([S@@](=O)[C@@H]2CCCN(C(=O)OC(C)(C)C)C2)nn1. The molecule has 122 valence electrons. The van der Waals surface area contributed by atoms with Gasteiger partial charge in [-0.25, -0.2) is 4.79 Å². The smallest absolute Gasteiger partial charge is 0.410 e. The van der Waals surface area contributed by atoms with Crippen LogP contribution in [0.3, 0.4) is 0 Å². The highest BCUT2D eigenvalue weighted by molar-refractivity contribution is 7.85. The number of hydrogen-bond acceptors (Lipinski definition) is 5. The van der Waals surface area contributed by atoms with Gasteiger partial charge in [0.05, 0.1) is 21.7 Å². The van der Waals surface area contributed by atoms with Crippen LogP contribution in [0.5, 0.6) is 0 Å². The molecule has 0 spiro atoms. The van der Waals surface area contributed by atoms with Crippen molar-refractivity contribution in [3.05, 3.63) is 17.8 Å². The van der Waals surface area contributed by atoms with Gasteiger partial charge in [-0.15, -0.1) is 5.10 Å². The van der Waals surface area contributed by atoms with E-state index in [0.717, 1.165) is 18.5 Å². The molecule has 1 fully saturated rings. The lowest BCUT2D eigenvalue weighted by molar-refractivity contribution is 0.0219. The molecule has 1 aliphatic rings. The molecule has 1 saturated heterocycles. The highest BCUT2D eigenvalue weighted by Crippen LogP contribution is 2.21. The lowest BCUT2D eigenvalue weighted by atomic mass is 10.1. The number of rotatable bonds is 2. The van der Waals surface area contributed by atoms with Gasteiger partial charge >= 0.3 is 6.09 Å².